The van der Waals surface area contributed by atoms with E-state index in [1.165, 1.54) is 14.0 Å². The standard InChI is InChI=1S/C9H15NO7/c1-4(7(10-2)8(14)15)17-9(16)5(11)3-6(12)13/h4-5,7,10-11H,3H2,1-2H3,(H,12,13)(H,14,15). The van der Waals surface area contributed by atoms with Crippen molar-refractivity contribution in [3.8, 4) is 0 Å². The summed E-state index contributed by atoms with van der Waals surface area (Å²) in [5.41, 5.74) is 0. The van der Waals surface area contributed by atoms with E-state index < -0.39 is 42.6 Å². The van der Waals surface area contributed by atoms with Crippen LogP contribution >= 0.6 is 0 Å². The molecule has 0 amide bonds. The number of esters is 1. The molecular formula is C9H15NO7. The van der Waals surface area contributed by atoms with Crippen LogP contribution < -0.4 is 5.32 Å². The summed E-state index contributed by atoms with van der Waals surface area (Å²) in [6, 6.07) is -1.13. The fraction of sp³-hybridized carbons (Fsp3) is 0.667. The Balaban J connectivity index is 4.36. The maximum Gasteiger partial charge on any atom is 0.335 e. The van der Waals surface area contributed by atoms with Crippen molar-refractivity contribution < 1.29 is 34.4 Å². The molecule has 0 aromatic heterocycles. The Bertz CT molecular complexity index is 304. The fourth-order valence-corrected chi connectivity index (χ4v) is 1.14. The predicted octanol–water partition coefficient (Wildman–Crippen LogP) is -1.57. The molecule has 0 aliphatic heterocycles. The lowest BCUT2D eigenvalue weighted by atomic mass is 10.2. The Hall–Kier alpha value is -1.67. The van der Waals surface area contributed by atoms with Crippen molar-refractivity contribution >= 4 is 17.9 Å². The van der Waals surface area contributed by atoms with Gasteiger partial charge in [-0.05, 0) is 14.0 Å². The molecule has 0 saturated carbocycles. The Morgan fingerprint density at radius 2 is 1.82 bits per heavy atom. The molecule has 8 heteroatoms. The summed E-state index contributed by atoms with van der Waals surface area (Å²) < 4.78 is 4.63. The number of aliphatic hydroxyl groups is 1. The van der Waals surface area contributed by atoms with E-state index in [9.17, 15) is 14.4 Å². The number of carboxylic acids is 2. The molecule has 0 rings (SSSR count). The number of carbonyl (C=O) groups excluding carboxylic acids is 1. The first kappa shape index (κ1) is 15.3. The first-order valence-electron chi connectivity index (χ1n) is 4.80. The van der Waals surface area contributed by atoms with E-state index in [1.807, 2.05) is 0 Å². The smallest absolute Gasteiger partial charge is 0.335 e. The number of hydrogen-bond acceptors (Lipinski definition) is 6. The number of carbonyl (C=O) groups is 3. The molecule has 0 heterocycles. The maximum absolute atomic E-state index is 11.2. The molecule has 8 nitrogen and oxygen atoms in total. The van der Waals surface area contributed by atoms with Crippen molar-refractivity contribution in [1.82, 2.24) is 5.32 Å². The lowest BCUT2D eigenvalue weighted by Gasteiger charge is -2.21. The van der Waals surface area contributed by atoms with Crippen LogP contribution in [0.5, 0.6) is 0 Å². The van der Waals surface area contributed by atoms with Crippen LogP contribution in [0, 0.1) is 0 Å². The first-order chi connectivity index (χ1) is 7.79. The summed E-state index contributed by atoms with van der Waals surface area (Å²) in [4.78, 5) is 32.1. The SMILES string of the molecule is CNC(C(=O)O)C(C)OC(=O)C(O)CC(=O)O. The third kappa shape index (κ3) is 5.27. The van der Waals surface area contributed by atoms with Gasteiger partial charge in [0.05, 0.1) is 6.42 Å². The molecule has 0 bridgehead atoms. The molecule has 3 unspecified atom stereocenters. The zero-order valence-corrected chi connectivity index (χ0v) is 9.41. The van der Waals surface area contributed by atoms with Gasteiger partial charge >= 0.3 is 17.9 Å². The highest BCUT2D eigenvalue weighted by atomic mass is 16.6. The van der Waals surface area contributed by atoms with E-state index in [-0.39, 0.29) is 0 Å². The quantitative estimate of drug-likeness (QED) is 0.397. The van der Waals surface area contributed by atoms with Gasteiger partial charge in [0.1, 0.15) is 12.1 Å². The van der Waals surface area contributed by atoms with Gasteiger partial charge in [-0.15, -0.1) is 0 Å². The zero-order chi connectivity index (χ0) is 13.6. The van der Waals surface area contributed by atoms with E-state index in [1.54, 1.807) is 0 Å². The highest BCUT2D eigenvalue weighted by Gasteiger charge is 2.29. The van der Waals surface area contributed by atoms with Gasteiger partial charge in [0, 0.05) is 0 Å². The minimum atomic E-state index is -1.80. The van der Waals surface area contributed by atoms with Gasteiger partial charge in [0.15, 0.2) is 6.10 Å². The van der Waals surface area contributed by atoms with Gasteiger partial charge in [0.25, 0.3) is 0 Å². The molecule has 0 spiro atoms. The Morgan fingerprint density at radius 3 is 2.18 bits per heavy atom. The lowest BCUT2D eigenvalue weighted by molar-refractivity contribution is -0.165. The van der Waals surface area contributed by atoms with Gasteiger partial charge in [-0.2, -0.15) is 0 Å². The monoisotopic (exact) mass is 249 g/mol. The second-order valence-corrected chi connectivity index (χ2v) is 3.36. The van der Waals surface area contributed by atoms with Crippen LogP contribution in [0.25, 0.3) is 0 Å². The van der Waals surface area contributed by atoms with Gasteiger partial charge in [0.2, 0.25) is 0 Å². The van der Waals surface area contributed by atoms with E-state index in [0.717, 1.165) is 0 Å². The number of ether oxygens (including phenoxy) is 1. The molecule has 98 valence electrons. The number of rotatable bonds is 7. The zero-order valence-electron chi connectivity index (χ0n) is 9.41. The van der Waals surface area contributed by atoms with Crippen molar-refractivity contribution in [2.45, 2.75) is 31.6 Å². The Morgan fingerprint density at radius 1 is 1.29 bits per heavy atom. The Labute approximate surface area is 97.2 Å². The molecule has 4 N–H and O–H groups in total. The second kappa shape index (κ2) is 6.81. The molecule has 0 aromatic rings. The van der Waals surface area contributed by atoms with Crippen LogP contribution in [0.4, 0.5) is 0 Å². The van der Waals surface area contributed by atoms with Crippen LogP contribution in [-0.2, 0) is 19.1 Å². The molecule has 0 radical (unpaired) electrons. The Kier molecular flexibility index (Phi) is 6.15. The summed E-state index contributed by atoms with van der Waals surface area (Å²) in [6.45, 7) is 1.32. The lowest BCUT2D eigenvalue weighted by Crippen LogP contribution is -2.46. The average Bonchev–Trinajstić information content (AvgIpc) is 2.16. The number of hydrogen-bond donors (Lipinski definition) is 4. The van der Waals surface area contributed by atoms with E-state index in [2.05, 4.69) is 10.1 Å². The molecule has 0 aliphatic rings. The van der Waals surface area contributed by atoms with Crippen molar-refractivity contribution in [2.75, 3.05) is 7.05 Å². The third-order valence-electron chi connectivity index (χ3n) is 1.99. The number of nitrogens with one attached hydrogen (secondary N) is 1. The van der Waals surface area contributed by atoms with Crippen molar-refractivity contribution in [2.24, 2.45) is 0 Å². The van der Waals surface area contributed by atoms with Gasteiger partial charge in [-0.3, -0.25) is 9.59 Å². The fourth-order valence-electron chi connectivity index (χ4n) is 1.14. The molecule has 0 aromatic carbocycles. The molecular weight excluding hydrogens is 234 g/mol. The maximum atomic E-state index is 11.2. The van der Waals surface area contributed by atoms with Gasteiger partial charge in [-0.25, -0.2) is 4.79 Å². The van der Waals surface area contributed by atoms with E-state index in [4.69, 9.17) is 15.3 Å². The van der Waals surface area contributed by atoms with Crippen molar-refractivity contribution in [1.29, 1.82) is 0 Å². The molecule has 0 aliphatic carbocycles. The van der Waals surface area contributed by atoms with Crippen LogP contribution in [0.15, 0.2) is 0 Å². The van der Waals surface area contributed by atoms with Gasteiger partial charge < -0.3 is 25.4 Å². The minimum Gasteiger partial charge on any atom is -0.481 e. The van der Waals surface area contributed by atoms with Crippen LogP contribution in [0.3, 0.4) is 0 Å². The summed E-state index contributed by atoms with van der Waals surface area (Å²) >= 11 is 0. The predicted molar refractivity (Wildman–Crippen MR) is 54.3 cm³/mol. The molecule has 0 saturated heterocycles. The topological polar surface area (TPSA) is 133 Å². The van der Waals surface area contributed by atoms with Crippen LogP contribution in [0.1, 0.15) is 13.3 Å². The summed E-state index contributed by atoms with van der Waals surface area (Å²) in [5, 5.41) is 28.6. The average molecular weight is 249 g/mol. The van der Waals surface area contributed by atoms with E-state index >= 15 is 0 Å². The van der Waals surface area contributed by atoms with Crippen molar-refractivity contribution in [3.63, 3.8) is 0 Å². The molecule has 0 fully saturated rings. The number of carboxylic acid groups (broad SMARTS) is 2. The highest BCUT2D eigenvalue weighted by molar-refractivity contribution is 5.81. The van der Waals surface area contributed by atoms with E-state index in [0.29, 0.717) is 0 Å². The second-order valence-electron chi connectivity index (χ2n) is 3.36. The summed E-state index contributed by atoms with van der Waals surface area (Å²) in [5.74, 6) is -3.74. The number of aliphatic carboxylic acids is 2. The van der Waals surface area contributed by atoms with Crippen molar-refractivity contribution in [3.05, 3.63) is 0 Å². The first-order valence-corrected chi connectivity index (χ1v) is 4.80. The number of likely N-dealkylation sites (N-methyl/N-ethyl adjacent to an activating group) is 1. The van der Waals surface area contributed by atoms with Gasteiger partial charge in [-0.1, -0.05) is 0 Å². The normalized spacial score (nSPS) is 15.7. The highest BCUT2D eigenvalue weighted by Crippen LogP contribution is 2.03. The largest absolute Gasteiger partial charge is 0.481 e. The summed E-state index contributed by atoms with van der Waals surface area (Å²) in [7, 11) is 1.37. The van der Waals surface area contributed by atoms with Crippen LogP contribution in [-0.4, -0.2) is 58.5 Å². The minimum absolute atomic E-state index is 0.789. The third-order valence-corrected chi connectivity index (χ3v) is 1.99. The number of aliphatic hydroxyl groups excluding tert-OH is 1. The molecule has 3 atom stereocenters. The van der Waals surface area contributed by atoms with Crippen LogP contribution in [0.2, 0.25) is 0 Å². The molecule has 17 heavy (non-hydrogen) atoms. The summed E-state index contributed by atoms with van der Waals surface area (Å²) in [6.07, 6.45) is -3.63.